The summed E-state index contributed by atoms with van der Waals surface area (Å²) in [5.41, 5.74) is 5.47. The second-order valence-electron chi connectivity index (χ2n) is 2.83. The van der Waals surface area contributed by atoms with Gasteiger partial charge in [-0.25, -0.2) is 8.78 Å². The summed E-state index contributed by atoms with van der Waals surface area (Å²) < 4.78 is 26.2. The minimum absolute atomic E-state index is 0.118. The van der Waals surface area contributed by atoms with Gasteiger partial charge in [-0.3, -0.25) is 0 Å². The van der Waals surface area contributed by atoms with E-state index in [1.807, 2.05) is 0 Å². The second-order valence-corrected chi connectivity index (χ2v) is 3.89. The Morgan fingerprint density at radius 2 is 2.07 bits per heavy atom. The normalized spacial score (nSPS) is 10.6. The molecular formula is C9H7F2N3S. The van der Waals surface area contributed by atoms with Gasteiger partial charge in [-0.1, -0.05) is 11.3 Å². The number of hydrogen-bond donors (Lipinski definition) is 1. The maximum Gasteiger partial charge on any atom is 0.150 e. The smallest absolute Gasteiger partial charge is 0.150 e. The fraction of sp³-hybridized carbons (Fsp3) is 0.111. The van der Waals surface area contributed by atoms with Gasteiger partial charge in [-0.2, -0.15) is 0 Å². The van der Waals surface area contributed by atoms with Crippen molar-refractivity contribution in [1.82, 2.24) is 10.2 Å². The zero-order valence-corrected chi connectivity index (χ0v) is 8.39. The number of benzene rings is 1. The van der Waals surface area contributed by atoms with Crippen molar-refractivity contribution in [3.05, 3.63) is 34.8 Å². The largest absolute Gasteiger partial charge is 0.324 e. The van der Waals surface area contributed by atoms with E-state index in [-0.39, 0.29) is 12.1 Å². The lowest BCUT2D eigenvalue weighted by atomic mass is 10.2. The van der Waals surface area contributed by atoms with E-state index in [1.165, 1.54) is 0 Å². The number of aromatic nitrogens is 2. The number of nitrogens with zero attached hydrogens (tertiary/aromatic N) is 2. The van der Waals surface area contributed by atoms with Crippen molar-refractivity contribution in [2.24, 2.45) is 5.73 Å². The Hall–Kier alpha value is -1.40. The average molecular weight is 227 g/mol. The first-order valence-electron chi connectivity index (χ1n) is 4.18. The highest BCUT2D eigenvalue weighted by Gasteiger charge is 2.11. The first-order valence-corrected chi connectivity index (χ1v) is 5.00. The van der Waals surface area contributed by atoms with Crippen molar-refractivity contribution < 1.29 is 8.78 Å². The predicted octanol–water partition coefficient (Wildman–Crippen LogP) is 1.94. The third-order valence-electron chi connectivity index (χ3n) is 1.80. The van der Waals surface area contributed by atoms with Crippen LogP contribution in [-0.4, -0.2) is 10.2 Å². The molecule has 0 aliphatic carbocycles. The number of halogens is 2. The minimum atomic E-state index is -0.517. The van der Waals surface area contributed by atoms with E-state index >= 15 is 0 Å². The fourth-order valence-corrected chi connectivity index (χ4v) is 1.84. The Morgan fingerprint density at radius 3 is 2.73 bits per heavy atom. The third kappa shape index (κ3) is 2.00. The molecule has 15 heavy (non-hydrogen) atoms. The molecule has 0 bridgehead atoms. The van der Waals surface area contributed by atoms with Gasteiger partial charge in [-0.15, -0.1) is 10.2 Å². The molecule has 1 aromatic carbocycles. The highest BCUT2D eigenvalue weighted by atomic mass is 32.1. The fourth-order valence-electron chi connectivity index (χ4n) is 1.11. The van der Waals surface area contributed by atoms with Crippen LogP contribution in [0.4, 0.5) is 8.78 Å². The summed E-state index contributed by atoms with van der Waals surface area (Å²) in [6.45, 7) is 0.245. The van der Waals surface area contributed by atoms with Crippen LogP contribution in [0.25, 0.3) is 10.6 Å². The highest BCUT2D eigenvalue weighted by molar-refractivity contribution is 7.14. The molecule has 1 heterocycles. The SMILES string of the molecule is NCc1nnc(-c2cc(F)ccc2F)s1. The van der Waals surface area contributed by atoms with Gasteiger partial charge >= 0.3 is 0 Å². The molecule has 2 rings (SSSR count). The van der Waals surface area contributed by atoms with E-state index in [9.17, 15) is 8.78 Å². The van der Waals surface area contributed by atoms with Crippen molar-refractivity contribution >= 4 is 11.3 Å². The Morgan fingerprint density at radius 1 is 1.27 bits per heavy atom. The molecule has 0 saturated heterocycles. The zero-order chi connectivity index (χ0) is 10.8. The quantitative estimate of drug-likeness (QED) is 0.853. The van der Waals surface area contributed by atoms with Crippen LogP contribution in [0.1, 0.15) is 5.01 Å². The number of rotatable bonds is 2. The van der Waals surface area contributed by atoms with Crippen molar-refractivity contribution in [2.75, 3.05) is 0 Å². The minimum Gasteiger partial charge on any atom is -0.324 e. The van der Waals surface area contributed by atoms with Crippen LogP contribution < -0.4 is 5.73 Å². The molecule has 0 fully saturated rings. The lowest BCUT2D eigenvalue weighted by molar-refractivity contribution is 0.603. The maximum absolute atomic E-state index is 13.3. The molecule has 1 aromatic heterocycles. The molecule has 0 amide bonds. The summed E-state index contributed by atoms with van der Waals surface area (Å²) in [6.07, 6.45) is 0. The number of nitrogens with two attached hydrogens (primary N) is 1. The van der Waals surface area contributed by atoms with Gasteiger partial charge in [0, 0.05) is 6.54 Å². The van der Waals surface area contributed by atoms with Crippen LogP contribution in [-0.2, 0) is 6.54 Å². The van der Waals surface area contributed by atoms with E-state index in [0.717, 1.165) is 29.5 Å². The molecule has 0 spiro atoms. The van der Waals surface area contributed by atoms with Crippen LogP contribution >= 0.6 is 11.3 Å². The molecule has 2 N–H and O–H groups in total. The van der Waals surface area contributed by atoms with Gasteiger partial charge < -0.3 is 5.73 Å². The second kappa shape index (κ2) is 4.00. The van der Waals surface area contributed by atoms with Gasteiger partial charge in [0.15, 0.2) is 5.01 Å². The van der Waals surface area contributed by atoms with Crippen molar-refractivity contribution in [1.29, 1.82) is 0 Å². The Labute approximate surface area is 88.6 Å². The molecular weight excluding hydrogens is 220 g/mol. The zero-order valence-electron chi connectivity index (χ0n) is 7.58. The van der Waals surface area contributed by atoms with Crippen molar-refractivity contribution in [2.45, 2.75) is 6.54 Å². The molecule has 0 unspecified atom stereocenters. The van der Waals surface area contributed by atoms with E-state index in [0.29, 0.717) is 10.0 Å². The van der Waals surface area contributed by atoms with Crippen LogP contribution in [0.3, 0.4) is 0 Å². The Kier molecular flexibility index (Phi) is 2.70. The lowest BCUT2D eigenvalue weighted by Gasteiger charge is -1.97. The summed E-state index contributed by atoms with van der Waals surface area (Å²) in [6, 6.07) is 3.22. The Balaban J connectivity index is 2.48. The first-order chi connectivity index (χ1) is 7.20. The predicted molar refractivity (Wildman–Crippen MR) is 53.2 cm³/mol. The summed E-state index contributed by atoms with van der Waals surface area (Å²) in [4.78, 5) is 0. The number of hydrogen-bond acceptors (Lipinski definition) is 4. The van der Waals surface area contributed by atoms with E-state index in [1.54, 1.807) is 0 Å². The Bertz CT molecular complexity index is 484. The summed E-state index contributed by atoms with van der Waals surface area (Å²) >= 11 is 1.15. The molecule has 3 nitrogen and oxygen atoms in total. The molecule has 0 atom stereocenters. The average Bonchev–Trinajstić information content (AvgIpc) is 2.70. The van der Waals surface area contributed by atoms with Crippen LogP contribution in [0.2, 0.25) is 0 Å². The molecule has 0 aliphatic rings. The van der Waals surface area contributed by atoms with Crippen LogP contribution in [0, 0.1) is 11.6 Å². The molecule has 0 radical (unpaired) electrons. The highest BCUT2D eigenvalue weighted by Crippen LogP contribution is 2.26. The van der Waals surface area contributed by atoms with Crippen molar-refractivity contribution in [3.63, 3.8) is 0 Å². The summed E-state index contributed by atoms with van der Waals surface area (Å²) in [5, 5.41) is 8.41. The topological polar surface area (TPSA) is 51.8 Å². The van der Waals surface area contributed by atoms with Gasteiger partial charge in [-0.05, 0) is 18.2 Å². The van der Waals surface area contributed by atoms with Gasteiger partial charge in [0.25, 0.3) is 0 Å². The van der Waals surface area contributed by atoms with E-state index in [4.69, 9.17) is 5.73 Å². The molecule has 0 aliphatic heterocycles. The molecule has 0 saturated carbocycles. The summed E-state index contributed by atoms with van der Waals surface area (Å²) in [7, 11) is 0. The maximum atomic E-state index is 13.3. The van der Waals surface area contributed by atoms with Crippen LogP contribution in [0.15, 0.2) is 18.2 Å². The third-order valence-corrected chi connectivity index (χ3v) is 2.78. The van der Waals surface area contributed by atoms with E-state index in [2.05, 4.69) is 10.2 Å². The summed E-state index contributed by atoms with van der Waals surface area (Å²) in [5.74, 6) is -1.02. The van der Waals surface area contributed by atoms with Gasteiger partial charge in [0.1, 0.15) is 16.6 Å². The lowest BCUT2D eigenvalue weighted by Crippen LogP contribution is -1.94. The molecule has 6 heteroatoms. The van der Waals surface area contributed by atoms with E-state index < -0.39 is 11.6 Å². The molecule has 78 valence electrons. The van der Waals surface area contributed by atoms with Gasteiger partial charge in [0.2, 0.25) is 0 Å². The van der Waals surface area contributed by atoms with Crippen LogP contribution in [0.5, 0.6) is 0 Å². The monoisotopic (exact) mass is 227 g/mol. The first kappa shape index (κ1) is 10.1. The standard InChI is InChI=1S/C9H7F2N3S/c10-5-1-2-7(11)6(3-5)9-14-13-8(4-12)15-9/h1-3H,4,12H2. The van der Waals surface area contributed by atoms with Crippen molar-refractivity contribution in [3.8, 4) is 10.6 Å². The molecule has 2 aromatic rings. The van der Waals surface area contributed by atoms with Gasteiger partial charge in [0.05, 0.1) is 5.56 Å².